The number of fused-ring (bicyclic) bond motifs is 1. The van der Waals surface area contributed by atoms with Crippen molar-refractivity contribution < 1.29 is 14.3 Å². The van der Waals surface area contributed by atoms with Gasteiger partial charge in [0.1, 0.15) is 0 Å². The van der Waals surface area contributed by atoms with Crippen molar-refractivity contribution in [3.63, 3.8) is 0 Å². The molecule has 2 aliphatic rings. The fourth-order valence-corrected chi connectivity index (χ4v) is 3.38. The normalized spacial score (nSPS) is 19.2. The Morgan fingerprint density at radius 2 is 1.92 bits per heavy atom. The smallest absolute Gasteiger partial charge is 0.261 e. The number of amides is 2. The van der Waals surface area contributed by atoms with Crippen LogP contribution in [0.2, 0.25) is 0 Å². The number of hydrogen-bond donors (Lipinski definition) is 0. The number of rotatable bonds is 3. The van der Waals surface area contributed by atoms with Crippen LogP contribution in [0.5, 0.6) is 0 Å². The molecule has 0 radical (unpaired) electrons. The van der Waals surface area contributed by atoms with Crippen molar-refractivity contribution in [2.24, 2.45) is 5.92 Å². The predicted octanol–water partition coefficient (Wildman–Crippen LogP) is 2.41. The SMILES string of the molecule is O=C1C=C(c2cccc3cccnc23)C(=O)N1CC1CCOCC1. The molecule has 0 aliphatic carbocycles. The molecule has 2 aromatic rings. The maximum atomic E-state index is 12.8. The highest BCUT2D eigenvalue weighted by atomic mass is 16.5. The van der Waals surface area contributed by atoms with Gasteiger partial charge in [-0.05, 0) is 24.8 Å². The zero-order valence-electron chi connectivity index (χ0n) is 13.3. The summed E-state index contributed by atoms with van der Waals surface area (Å²) in [7, 11) is 0. The van der Waals surface area contributed by atoms with Gasteiger partial charge in [0.25, 0.3) is 11.8 Å². The molecule has 5 nitrogen and oxygen atoms in total. The number of nitrogens with zero attached hydrogens (tertiary/aromatic N) is 2. The van der Waals surface area contributed by atoms with Crippen LogP contribution in [0.25, 0.3) is 16.5 Å². The molecule has 1 saturated heterocycles. The molecule has 2 aliphatic heterocycles. The molecule has 0 atom stereocenters. The Morgan fingerprint density at radius 1 is 1.12 bits per heavy atom. The third-order valence-corrected chi connectivity index (χ3v) is 4.71. The van der Waals surface area contributed by atoms with Gasteiger partial charge < -0.3 is 4.74 Å². The first-order chi connectivity index (χ1) is 11.7. The maximum absolute atomic E-state index is 12.8. The Bertz CT molecular complexity index is 832. The van der Waals surface area contributed by atoms with Crippen LogP contribution in [0.4, 0.5) is 0 Å². The monoisotopic (exact) mass is 322 g/mol. The van der Waals surface area contributed by atoms with E-state index in [1.165, 1.54) is 11.0 Å². The molecule has 0 N–H and O–H groups in total. The Balaban J connectivity index is 1.63. The zero-order chi connectivity index (χ0) is 16.5. The summed E-state index contributed by atoms with van der Waals surface area (Å²) in [5, 5.41) is 0.957. The first kappa shape index (κ1) is 15.0. The Hall–Kier alpha value is -2.53. The van der Waals surface area contributed by atoms with E-state index in [-0.39, 0.29) is 11.8 Å². The van der Waals surface area contributed by atoms with Crippen molar-refractivity contribution >= 4 is 28.3 Å². The van der Waals surface area contributed by atoms with Crippen LogP contribution < -0.4 is 0 Å². The second-order valence-corrected chi connectivity index (χ2v) is 6.25. The Morgan fingerprint density at radius 3 is 2.75 bits per heavy atom. The van der Waals surface area contributed by atoms with Gasteiger partial charge in [0.2, 0.25) is 0 Å². The number of imide groups is 1. The highest BCUT2D eigenvalue weighted by Gasteiger charge is 2.34. The third-order valence-electron chi connectivity index (χ3n) is 4.71. The molecule has 1 fully saturated rings. The van der Waals surface area contributed by atoms with Crippen molar-refractivity contribution in [1.29, 1.82) is 0 Å². The van der Waals surface area contributed by atoms with Crippen LogP contribution in [0.3, 0.4) is 0 Å². The number of carbonyl (C=O) groups excluding carboxylic acids is 2. The molecule has 4 rings (SSSR count). The summed E-state index contributed by atoms with van der Waals surface area (Å²) in [6.45, 7) is 1.88. The molecule has 1 aromatic heterocycles. The third kappa shape index (κ3) is 2.61. The van der Waals surface area contributed by atoms with Gasteiger partial charge in [0, 0.05) is 43.0 Å². The number of ether oxygens (including phenoxy) is 1. The van der Waals surface area contributed by atoms with Gasteiger partial charge in [-0.15, -0.1) is 0 Å². The van der Waals surface area contributed by atoms with Crippen LogP contribution in [-0.4, -0.2) is 41.5 Å². The minimum Gasteiger partial charge on any atom is -0.381 e. The first-order valence-corrected chi connectivity index (χ1v) is 8.23. The molecular formula is C19H18N2O3. The number of pyridine rings is 1. The second kappa shape index (κ2) is 6.17. The standard InChI is InChI=1S/C19H18N2O3/c22-17-11-16(15-5-1-3-14-4-2-8-20-18(14)15)19(23)21(17)12-13-6-9-24-10-7-13/h1-5,8,11,13H,6-7,9-10,12H2. The van der Waals surface area contributed by atoms with Gasteiger partial charge >= 0.3 is 0 Å². The van der Waals surface area contributed by atoms with Crippen LogP contribution in [-0.2, 0) is 14.3 Å². The summed E-state index contributed by atoms with van der Waals surface area (Å²) in [6.07, 6.45) is 4.93. The number of carbonyl (C=O) groups is 2. The molecule has 0 saturated carbocycles. The zero-order valence-corrected chi connectivity index (χ0v) is 13.3. The van der Waals surface area contributed by atoms with E-state index in [2.05, 4.69) is 4.98 Å². The highest BCUT2D eigenvalue weighted by molar-refractivity contribution is 6.34. The minimum absolute atomic E-state index is 0.218. The van der Waals surface area contributed by atoms with Crippen molar-refractivity contribution in [3.05, 3.63) is 48.2 Å². The first-order valence-electron chi connectivity index (χ1n) is 8.23. The molecule has 5 heteroatoms. The molecule has 0 spiro atoms. The molecule has 2 amide bonds. The maximum Gasteiger partial charge on any atom is 0.261 e. The van der Waals surface area contributed by atoms with E-state index in [0.717, 1.165) is 29.3 Å². The van der Waals surface area contributed by atoms with E-state index in [0.29, 0.717) is 31.2 Å². The number of para-hydroxylation sites is 1. The van der Waals surface area contributed by atoms with Crippen LogP contribution in [0, 0.1) is 5.92 Å². The number of hydrogen-bond acceptors (Lipinski definition) is 4. The fourth-order valence-electron chi connectivity index (χ4n) is 3.38. The second-order valence-electron chi connectivity index (χ2n) is 6.25. The van der Waals surface area contributed by atoms with Crippen molar-refractivity contribution in [2.45, 2.75) is 12.8 Å². The van der Waals surface area contributed by atoms with Crippen molar-refractivity contribution in [1.82, 2.24) is 9.88 Å². The predicted molar refractivity (Wildman–Crippen MR) is 90.0 cm³/mol. The lowest BCUT2D eigenvalue weighted by Crippen LogP contribution is -2.37. The lowest BCUT2D eigenvalue weighted by molar-refractivity contribution is -0.137. The van der Waals surface area contributed by atoms with E-state index in [1.807, 2.05) is 30.3 Å². The van der Waals surface area contributed by atoms with Crippen LogP contribution >= 0.6 is 0 Å². The lowest BCUT2D eigenvalue weighted by Gasteiger charge is -2.26. The van der Waals surface area contributed by atoms with Gasteiger partial charge in [0.05, 0.1) is 11.1 Å². The lowest BCUT2D eigenvalue weighted by atomic mass is 9.99. The van der Waals surface area contributed by atoms with E-state index >= 15 is 0 Å². The quantitative estimate of drug-likeness (QED) is 0.814. The molecule has 3 heterocycles. The summed E-state index contributed by atoms with van der Waals surface area (Å²) in [5.74, 6) is -0.121. The summed E-state index contributed by atoms with van der Waals surface area (Å²) >= 11 is 0. The summed E-state index contributed by atoms with van der Waals surface area (Å²) in [6, 6.07) is 9.50. The number of benzene rings is 1. The Kier molecular flexibility index (Phi) is 3.86. The molecular weight excluding hydrogens is 304 g/mol. The van der Waals surface area contributed by atoms with Crippen molar-refractivity contribution in [3.8, 4) is 0 Å². The van der Waals surface area contributed by atoms with Gasteiger partial charge in [-0.2, -0.15) is 0 Å². The van der Waals surface area contributed by atoms with E-state index < -0.39 is 0 Å². The van der Waals surface area contributed by atoms with Gasteiger partial charge in [-0.1, -0.05) is 24.3 Å². The van der Waals surface area contributed by atoms with E-state index in [4.69, 9.17) is 4.74 Å². The topological polar surface area (TPSA) is 59.5 Å². The number of aromatic nitrogens is 1. The van der Waals surface area contributed by atoms with Crippen LogP contribution in [0.15, 0.2) is 42.6 Å². The summed E-state index contributed by atoms with van der Waals surface area (Å²) < 4.78 is 5.35. The van der Waals surface area contributed by atoms with Crippen molar-refractivity contribution in [2.75, 3.05) is 19.8 Å². The molecule has 122 valence electrons. The molecule has 0 unspecified atom stereocenters. The van der Waals surface area contributed by atoms with Crippen LogP contribution in [0.1, 0.15) is 18.4 Å². The Labute approximate surface area is 139 Å². The van der Waals surface area contributed by atoms with Gasteiger partial charge in [0.15, 0.2) is 0 Å². The van der Waals surface area contributed by atoms with Gasteiger partial charge in [-0.25, -0.2) is 0 Å². The van der Waals surface area contributed by atoms with E-state index in [1.54, 1.807) is 6.20 Å². The average Bonchev–Trinajstić information content (AvgIpc) is 2.90. The minimum atomic E-state index is -0.227. The molecule has 1 aromatic carbocycles. The highest BCUT2D eigenvalue weighted by Crippen LogP contribution is 2.30. The fraction of sp³-hybridized carbons (Fsp3) is 0.316. The average molecular weight is 322 g/mol. The largest absolute Gasteiger partial charge is 0.381 e. The summed E-state index contributed by atoms with van der Waals surface area (Å²) in [5.41, 5.74) is 1.91. The molecule has 0 bridgehead atoms. The van der Waals surface area contributed by atoms with Gasteiger partial charge in [-0.3, -0.25) is 19.5 Å². The van der Waals surface area contributed by atoms with E-state index in [9.17, 15) is 9.59 Å². The summed E-state index contributed by atoms with van der Waals surface area (Å²) in [4.78, 5) is 30.9. The molecule has 24 heavy (non-hydrogen) atoms.